The third kappa shape index (κ3) is 2.59. The Morgan fingerprint density at radius 3 is 2.96 bits per heavy atom. The van der Waals surface area contributed by atoms with Gasteiger partial charge in [0, 0.05) is 18.8 Å². The minimum Gasteiger partial charge on any atom is -0.311 e. The standard InChI is InChI=1S/C17H18N6O2/c1-2-23-16-15(19-20-23)17(25)21(11-18-16)10-14(24)22-9-5-7-12-6-3-4-8-13(12)22/h3-4,6,8,11H,2,5,7,9-10H2,1H3. The second-order valence-corrected chi connectivity index (χ2v) is 6.03. The molecule has 0 atom stereocenters. The van der Waals surface area contributed by atoms with Crippen LogP contribution in [0.1, 0.15) is 18.9 Å². The Hall–Kier alpha value is -3.03. The van der Waals surface area contributed by atoms with Crippen molar-refractivity contribution in [2.24, 2.45) is 0 Å². The van der Waals surface area contributed by atoms with Crippen LogP contribution >= 0.6 is 0 Å². The first kappa shape index (κ1) is 15.5. The van der Waals surface area contributed by atoms with E-state index in [9.17, 15) is 9.59 Å². The van der Waals surface area contributed by atoms with Gasteiger partial charge in [-0.3, -0.25) is 14.2 Å². The predicted octanol–water partition coefficient (Wildman–Crippen LogP) is 0.987. The molecule has 25 heavy (non-hydrogen) atoms. The Balaban J connectivity index is 1.65. The molecule has 0 spiro atoms. The summed E-state index contributed by atoms with van der Waals surface area (Å²) in [5.74, 6) is -0.127. The highest BCUT2D eigenvalue weighted by Crippen LogP contribution is 2.26. The molecule has 0 bridgehead atoms. The number of carbonyl (C=O) groups is 1. The molecule has 1 aliphatic heterocycles. The van der Waals surface area contributed by atoms with Gasteiger partial charge < -0.3 is 4.90 Å². The number of para-hydroxylation sites is 1. The van der Waals surface area contributed by atoms with Gasteiger partial charge in [0.15, 0.2) is 11.2 Å². The van der Waals surface area contributed by atoms with Crippen molar-refractivity contribution < 1.29 is 4.79 Å². The Labute approximate surface area is 143 Å². The summed E-state index contributed by atoms with van der Waals surface area (Å²) in [7, 11) is 0. The van der Waals surface area contributed by atoms with Crippen molar-refractivity contribution in [3.05, 3.63) is 46.5 Å². The highest BCUT2D eigenvalue weighted by atomic mass is 16.2. The molecule has 0 aliphatic carbocycles. The normalized spacial score (nSPS) is 13.9. The van der Waals surface area contributed by atoms with Gasteiger partial charge in [0.2, 0.25) is 5.91 Å². The Morgan fingerprint density at radius 1 is 1.28 bits per heavy atom. The first-order chi connectivity index (χ1) is 12.2. The zero-order chi connectivity index (χ0) is 17.4. The van der Waals surface area contributed by atoms with Crippen molar-refractivity contribution in [2.75, 3.05) is 11.4 Å². The summed E-state index contributed by atoms with van der Waals surface area (Å²) >= 11 is 0. The second-order valence-electron chi connectivity index (χ2n) is 6.03. The monoisotopic (exact) mass is 338 g/mol. The number of carbonyl (C=O) groups excluding carboxylic acids is 1. The lowest BCUT2D eigenvalue weighted by Gasteiger charge is -2.29. The van der Waals surface area contributed by atoms with Gasteiger partial charge in [-0.15, -0.1) is 5.10 Å². The van der Waals surface area contributed by atoms with Crippen LogP contribution in [0.4, 0.5) is 5.69 Å². The minimum absolute atomic E-state index is 0.0604. The number of hydrogen-bond acceptors (Lipinski definition) is 5. The summed E-state index contributed by atoms with van der Waals surface area (Å²) in [6, 6.07) is 7.89. The molecule has 1 aromatic carbocycles. The molecule has 2 aromatic heterocycles. The number of anilines is 1. The van der Waals surface area contributed by atoms with Crippen LogP contribution in [0.15, 0.2) is 35.4 Å². The van der Waals surface area contributed by atoms with Gasteiger partial charge in [-0.05, 0) is 31.4 Å². The smallest absolute Gasteiger partial charge is 0.283 e. The number of aryl methyl sites for hydroxylation is 2. The first-order valence-electron chi connectivity index (χ1n) is 8.36. The molecule has 0 saturated heterocycles. The average Bonchev–Trinajstić information content (AvgIpc) is 3.07. The zero-order valence-corrected chi connectivity index (χ0v) is 13.9. The van der Waals surface area contributed by atoms with Gasteiger partial charge in [-0.1, -0.05) is 23.4 Å². The molecule has 0 N–H and O–H groups in total. The number of benzene rings is 1. The van der Waals surface area contributed by atoms with Crippen LogP contribution in [0.5, 0.6) is 0 Å². The third-order valence-electron chi connectivity index (χ3n) is 4.51. The highest BCUT2D eigenvalue weighted by molar-refractivity contribution is 5.94. The molecule has 1 aliphatic rings. The summed E-state index contributed by atoms with van der Waals surface area (Å²) in [4.78, 5) is 31.3. The van der Waals surface area contributed by atoms with E-state index < -0.39 is 0 Å². The van der Waals surface area contributed by atoms with Gasteiger partial charge >= 0.3 is 0 Å². The third-order valence-corrected chi connectivity index (χ3v) is 4.51. The van der Waals surface area contributed by atoms with Crippen molar-refractivity contribution >= 4 is 22.8 Å². The molecule has 3 aromatic rings. The topological polar surface area (TPSA) is 85.9 Å². The van der Waals surface area contributed by atoms with Gasteiger partial charge in [-0.25, -0.2) is 9.67 Å². The van der Waals surface area contributed by atoms with Gasteiger partial charge in [0.1, 0.15) is 12.9 Å². The quantitative estimate of drug-likeness (QED) is 0.711. The molecule has 4 rings (SSSR count). The molecular weight excluding hydrogens is 320 g/mol. The lowest BCUT2D eigenvalue weighted by Crippen LogP contribution is -2.39. The number of nitrogens with zero attached hydrogens (tertiary/aromatic N) is 6. The lowest BCUT2D eigenvalue weighted by atomic mass is 10.0. The average molecular weight is 338 g/mol. The number of hydrogen-bond donors (Lipinski definition) is 0. The number of fused-ring (bicyclic) bond motifs is 2. The summed E-state index contributed by atoms with van der Waals surface area (Å²) in [6.45, 7) is 3.08. The molecule has 0 radical (unpaired) electrons. The Morgan fingerprint density at radius 2 is 2.12 bits per heavy atom. The molecule has 128 valence electrons. The molecule has 8 heteroatoms. The molecule has 0 fully saturated rings. The molecule has 0 saturated carbocycles. The zero-order valence-electron chi connectivity index (χ0n) is 13.9. The fourth-order valence-electron chi connectivity index (χ4n) is 3.24. The maximum absolute atomic E-state index is 12.8. The maximum atomic E-state index is 12.8. The molecular formula is C17H18N6O2. The number of rotatable bonds is 3. The molecule has 8 nitrogen and oxygen atoms in total. The van der Waals surface area contributed by atoms with Gasteiger partial charge in [0.05, 0.1) is 0 Å². The maximum Gasteiger partial charge on any atom is 0.283 e. The van der Waals surface area contributed by atoms with Crippen LogP contribution in [0.2, 0.25) is 0 Å². The Bertz CT molecular complexity index is 1010. The largest absolute Gasteiger partial charge is 0.311 e. The SMILES string of the molecule is CCn1nnc2c(=O)n(CC(=O)N3CCCc4ccccc43)cnc21. The van der Waals surface area contributed by atoms with Crippen LogP contribution in [-0.4, -0.2) is 37.0 Å². The van der Waals surface area contributed by atoms with Crippen LogP contribution in [0, 0.1) is 0 Å². The van der Waals surface area contributed by atoms with E-state index in [0.717, 1.165) is 24.1 Å². The summed E-state index contributed by atoms with van der Waals surface area (Å²) in [5, 5.41) is 7.81. The summed E-state index contributed by atoms with van der Waals surface area (Å²) in [5.41, 5.74) is 2.38. The molecule has 1 amide bonds. The van der Waals surface area contributed by atoms with E-state index in [1.807, 2.05) is 31.2 Å². The van der Waals surface area contributed by atoms with Gasteiger partial charge in [-0.2, -0.15) is 0 Å². The van der Waals surface area contributed by atoms with E-state index in [0.29, 0.717) is 18.7 Å². The Kier molecular flexibility index (Phi) is 3.79. The van der Waals surface area contributed by atoms with E-state index >= 15 is 0 Å². The van der Waals surface area contributed by atoms with E-state index in [2.05, 4.69) is 15.3 Å². The predicted molar refractivity (Wildman–Crippen MR) is 92.4 cm³/mol. The van der Waals surface area contributed by atoms with Crippen molar-refractivity contribution in [3.63, 3.8) is 0 Å². The number of aromatic nitrogens is 5. The minimum atomic E-state index is -0.344. The molecule has 0 unspecified atom stereocenters. The lowest BCUT2D eigenvalue weighted by molar-refractivity contribution is -0.119. The van der Waals surface area contributed by atoms with Crippen molar-refractivity contribution in [1.82, 2.24) is 24.5 Å². The highest BCUT2D eigenvalue weighted by Gasteiger charge is 2.23. The van der Waals surface area contributed by atoms with Crippen LogP contribution < -0.4 is 10.5 Å². The summed E-state index contributed by atoms with van der Waals surface area (Å²) < 4.78 is 2.86. The van der Waals surface area contributed by atoms with Crippen molar-refractivity contribution in [1.29, 1.82) is 0 Å². The van der Waals surface area contributed by atoms with E-state index in [4.69, 9.17) is 0 Å². The van der Waals surface area contributed by atoms with Crippen LogP contribution in [0.3, 0.4) is 0 Å². The van der Waals surface area contributed by atoms with E-state index in [-0.39, 0.29) is 23.5 Å². The van der Waals surface area contributed by atoms with E-state index in [1.54, 1.807) is 9.58 Å². The van der Waals surface area contributed by atoms with Gasteiger partial charge in [0.25, 0.3) is 5.56 Å². The fraction of sp³-hybridized carbons (Fsp3) is 0.353. The van der Waals surface area contributed by atoms with Crippen molar-refractivity contribution in [2.45, 2.75) is 32.9 Å². The first-order valence-corrected chi connectivity index (χ1v) is 8.36. The number of amides is 1. The van der Waals surface area contributed by atoms with E-state index in [1.165, 1.54) is 10.9 Å². The molecule has 3 heterocycles. The summed E-state index contributed by atoms with van der Waals surface area (Å²) in [6.07, 6.45) is 3.28. The van der Waals surface area contributed by atoms with Crippen LogP contribution in [-0.2, 0) is 24.3 Å². The van der Waals surface area contributed by atoms with Crippen molar-refractivity contribution in [3.8, 4) is 0 Å². The fourth-order valence-corrected chi connectivity index (χ4v) is 3.24. The second kappa shape index (κ2) is 6.12. The van der Waals surface area contributed by atoms with Crippen LogP contribution in [0.25, 0.3) is 11.2 Å².